The summed E-state index contributed by atoms with van der Waals surface area (Å²) in [7, 11) is 1.59. The van der Waals surface area contributed by atoms with E-state index in [1.807, 2.05) is 4.90 Å². The van der Waals surface area contributed by atoms with Gasteiger partial charge in [0.25, 0.3) is 0 Å². The highest BCUT2D eigenvalue weighted by Crippen LogP contribution is 2.24. The normalized spacial score (nSPS) is 18.9. The molecule has 1 N–H and O–H groups in total. The van der Waals surface area contributed by atoms with Crippen LogP contribution in [0.5, 0.6) is 5.88 Å². The molecule has 3 heterocycles. The maximum absolute atomic E-state index is 12.6. The van der Waals surface area contributed by atoms with Crippen molar-refractivity contribution in [3.05, 3.63) is 10.7 Å². The molecule has 0 unspecified atom stereocenters. The van der Waals surface area contributed by atoms with Gasteiger partial charge in [-0.3, -0.25) is 4.79 Å². The number of carbonyl (C=O) groups is 1. The van der Waals surface area contributed by atoms with E-state index in [0.717, 1.165) is 56.6 Å². The number of piperazine rings is 1. The van der Waals surface area contributed by atoms with E-state index in [1.54, 1.807) is 13.3 Å². The number of ether oxygens (including phenoxy) is 1. The Morgan fingerprint density at radius 2 is 1.96 bits per heavy atom. The van der Waals surface area contributed by atoms with Crippen LogP contribution in [-0.2, 0) is 4.79 Å². The van der Waals surface area contributed by atoms with Gasteiger partial charge in [-0.1, -0.05) is 0 Å². The van der Waals surface area contributed by atoms with Crippen LogP contribution in [0.15, 0.2) is 10.7 Å². The van der Waals surface area contributed by atoms with Gasteiger partial charge in [-0.2, -0.15) is 4.98 Å². The molecule has 0 aliphatic carbocycles. The fourth-order valence-corrected chi connectivity index (χ4v) is 3.45. The van der Waals surface area contributed by atoms with Crippen LogP contribution in [0.3, 0.4) is 0 Å². The van der Waals surface area contributed by atoms with Gasteiger partial charge in [-0.15, -0.1) is 12.4 Å². The third-order valence-electron chi connectivity index (χ3n) is 4.46. The minimum absolute atomic E-state index is 0. The van der Waals surface area contributed by atoms with Crippen molar-refractivity contribution in [1.29, 1.82) is 0 Å². The predicted molar refractivity (Wildman–Crippen MR) is 97.9 cm³/mol. The number of rotatable bonds is 3. The lowest BCUT2D eigenvalue weighted by Gasteiger charge is -2.37. The van der Waals surface area contributed by atoms with Crippen LogP contribution in [0.2, 0.25) is 0 Å². The first-order valence-corrected chi connectivity index (χ1v) is 8.79. The van der Waals surface area contributed by atoms with Gasteiger partial charge in [0.15, 0.2) is 0 Å². The molecule has 3 rings (SSSR count). The summed E-state index contributed by atoms with van der Waals surface area (Å²) < 4.78 is 5.96. The lowest BCUT2D eigenvalue weighted by Crippen LogP contribution is -2.51. The Morgan fingerprint density at radius 3 is 2.58 bits per heavy atom. The summed E-state index contributed by atoms with van der Waals surface area (Å²) in [6.07, 6.45) is 3.60. The van der Waals surface area contributed by atoms with E-state index < -0.39 is 0 Å². The second-order valence-corrected chi connectivity index (χ2v) is 6.72. The molecular formula is C15H23BrClN5O2. The third kappa shape index (κ3) is 4.29. The van der Waals surface area contributed by atoms with Crippen LogP contribution in [0.25, 0.3) is 0 Å². The SMILES string of the molecule is COc1nc(N2CCN(C(=O)C3CCNCC3)CC2)ncc1Br.Cl. The van der Waals surface area contributed by atoms with Gasteiger partial charge in [-0.25, -0.2) is 4.98 Å². The number of nitrogens with one attached hydrogen (secondary N) is 1. The van der Waals surface area contributed by atoms with E-state index in [0.29, 0.717) is 17.7 Å². The fraction of sp³-hybridized carbons (Fsp3) is 0.667. The molecular weight excluding hydrogens is 398 g/mol. The van der Waals surface area contributed by atoms with Crippen molar-refractivity contribution in [1.82, 2.24) is 20.2 Å². The number of halogens is 2. The molecule has 2 aliphatic heterocycles. The second-order valence-electron chi connectivity index (χ2n) is 5.86. The van der Waals surface area contributed by atoms with E-state index in [2.05, 4.69) is 36.1 Å². The highest BCUT2D eigenvalue weighted by atomic mass is 79.9. The zero-order valence-corrected chi connectivity index (χ0v) is 16.1. The minimum atomic E-state index is 0. The average Bonchev–Trinajstić information content (AvgIpc) is 2.62. The van der Waals surface area contributed by atoms with Gasteiger partial charge in [0.05, 0.1) is 17.8 Å². The average molecular weight is 421 g/mol. The Kier molecular flexibility index (Phi) is 7.06. The number of amides is 1. The molecule has 1 aromatic rings. The molecule has 0 aromatic carbocycles. The summed E-state index contributed by atoms with van der Waals surface area (Å²) in [6, 6.07) is 0. The Hall–Kier alpha value is -1.12. The van der Waals surface area contributed by atoms with Crippen molar-refractivity contribution < 1.29 is 9.53 Å². The van der Waals surface area contributed by atoms with Gasteiger partial charge in [0.1, 0.15) is 0 Å². The summed E-state index contributed by atoms with van der Waals surface area (Å²) in [5.74, 6) is 1.68. The largest absolute Gasteiger partial charge is 0.480 e. The monoisotopic (exact) mass is 419 g/mol. The molecule has 2 saturated heterocycles. The number of piperidine rings is 1. The van der Waals surface area contributed by atoms with Crippen LogP contribution >= 0.6 is 28.3 Å². The maximum Gasteiger partial charge on any atom is 0.232 e. The minimum Gasteiger partial charge on any atom is -0.480 e. The topological polar surface area (TPSA) is 70.6 Å². The number of aromatic nitrogens is 2. The van der Waals surface area contributed by atoms with E-state index in [1.165, 1.54) is 0 Å². The Bertz CT molecular complexity index is 563. The number of carbonyl (C=O) groups excluding carboxylic acids is 1. The van der Waals surface area contributed by atoms with Crippen molar-refractivity contribution in [2.75, 3.05) is 51.3 Å². The molecule has 7 nitrogen and oxygen atoms in total. The van der Waals surface area contributed by atoms with E-state index in [4.69, 9.17) is 4.74 Å². The van der Waals surface area contributed by atoms with Crippen molar-refractivity contribution in [3.8, 4) is 5.88 Å². The first-order chi connectivity index (χ1) is 11.2. The Morgan fingerprint density at radius 1 is 1.29 bits per heavy atom. The second kappa shape index (κ2) is 8.82. The molecule has 0 bridgehead atoms. The van der Waals surface area contributed by atoms with Crippen LogP contribution in [0, 0.1) is 5.92 Å². The number of hydrogen-bond donors (Lipinski definition) is 1. The predicted octanol–water partition coefficient (Wildman–Crippen LogP) is 1.32. The molecule has 0 saturated carbocycles. The lowest BCUT2D eigenvalue weighted by molar-refractivity contribution is -0.136. The Labute approximate surface area is 156 Å². The highest BCUT2D eigenvalue weighted by molar-refractivity contribution is 9.10. The van der Waals surface area contributed by atoms with Crippen molar-refractivity contribution in [3.63, 3.8) is 0 Å². The molecule has 0 atom stereocenters. The summed E-state index contributed by atoms with van der Waals surface area (Å²) in [6.45, 7) is 4.85. The molecule has 2 fully saturated rings. The van der Waals surface area contributed by atoms with Gasteiger partial charge in [0.2, 0.25) is 17.7 Å². The first-order valence-electron chi connectivity index (χ1n) is 8.00. The van der Waals surface area contributed by atoms with Crippen molar-refractivity contribution >= 4 is 40.2 Å². The number of nitrogens with zero attached hydrogens (tertiary/aromatic N) is 4. The number of hydrogen-bond acceptors (Lipinski definition) is 6. The van der Waals surface area contributed by atoms with E-state index >= 15 is 0 Å². The van der Waals surface area contributed by atoms with Crippen LogP contribution < -0.4 is 15.0 Å². The smallest absolute Gasteiger partial charge is 0.232 e. The third-order valence-corrected chi connectivity index (χ3v) is 5.00. The number of anilines is 1. The molecule has 1 aromatic heterocycles. The molecule has 0 spiro atoms. The summed E-state index contributed by atoms with van der Waals surface area (Å²) >= 11 is 3.36. The van der Waals surface area contributed by atoms with E-state index in [-0.39, 0.29) is 18.3 Å². The van der Waals surface area contributed by atoms with Crippen LogP contribution in [0.1, 0.15) is 12.8 Å². The zero-order valence-electron chi connectivity index (χ0n) is 13.7. The van der Waals surface area contributed by atoms with Gasteiger partial charge < -0.3 is 19.9 Å². The zero-order chi connectivity index (χ0) is 16.2. The lowest BCUT2D eigenvalue weighted by atomic mass is 9.96. The summed E-state index contributed by atoms with van der Waals surface area (Å²) in [5.41, 5.74) is 0. The van der Waals surface area contributed by atoms with Crippen molar-refractivity contribution in [2.45, 2.75) is 12.8 Å². The number of methoxy groups -OCH3 is 1. The summed E-state index contributed by atoms with van der Waals surface area (Å²) in [5, 5.41) is 3.31. The first kappa shape index (κ1) is 19.2. The van der Waals surface area contributed by atoms with Crippen LogP contribution in [-0.4, -0.2) is 67.2 Å². The standard InChI is InChI=1S/C15H22BrN5O2.ClH/c1-23-13-12(16)10-18-15(19-13)21-8-6-20(7-9-21)14(22)11-2-4-17-5-3-11;/h10-11,17H,2-9H2,1H3;1H. The van der Waals surface area contributed by atoms with Gasteiger partial charge >= 0.3 is 0 Å². The fourth-order valence-electron chi connectivity index (χ4n) is 3.09. The molecule has 134 valence electrons. The molecule has 0 radical (unpaired) electrons. The quantitative estimate of drug-likeness (QED) is 0.795. The highest BCUT2D eigenvalue weighted by Gasteiger charge is 2.29. The molecule has 9 heteroatoms. The maximum atomic E-state index is 12.6. The van der Waals surface area contributed by atoms with E-state index in [9.17, 15) is 4.79 Å². The summed E-state index contributed by atoms with van der Waals surface area (Å²) in [4.78, 5) is 25.4. The molecule has 2 aliphatic rings. The van der Waals surface area contributed by atoms with Gasteiger partial charge in [0, 0.05) is 32.1 Å². The van der Waals surface area contributed by atoms with Crippen LogP contribution in [0.4, 0.5) is 5.95 Å². The van der Waals surface area contributed by atoms with Crippen molar-refractivity contribution in [2.24, 2.45) is 5.92 Å². The molecule has 24 heavy (non-hydrogen) atoms. The molecule has 1 amide bonds. The van der Waals surface area contributed by atoms with Gasteiger partial charge in [-0.05, 0) is 41.9 Å². The Balaban J connectivity index is 0.00000208.